The molecule has 0 rings (SSSR count). The molecule has 3 nitrogen and oxygen atoms in total. The summed E-state index contributed by atoms with van der Waals surface area (Å²) < 4.78 is 0. The van der Waals surface area contributed by atoms with E-state index >= 15 is 0 Å². The number of rotatable bonds is 2. The van der Waals surface area contributed by atoms with Crippen LogP contribution in [0, 0.1) is 0 Å². The topological polar surface area (TPSA) is 52.5 Å². The van der Waals surface area contributed by atoms with Crippen molar-refractivity contribution >= 4 is 0 Å². The minimum atomic E-state index is -0.204. The Kier molecular flexibility index (Phi) is 3.02. The zero-order valence-corrected chi connectivity index (χ0v) is 3.68. The highest BCUT2D eigenvalue weighted by Crippen LogP contribution is 1.69. The molecule has 0 aliphatic rings. The second-order valence-corrected chi connectivity index (χ2v) is 1.21. The predicted molar refractivity (Wildman–Crippen MR) is 21.5 cm³/mol. The van der Waals surface area contributed by atoms with Crippen LogP contribution in [-0.4, -0.2) is 23.0 Å². The Morgan fingerprint density at radius 1 is 1.83 bits per heavy atom. The van der Waals surface area contributed by atoms with E-state index in [2.05, 4.69) is 0 Å². The maximum absolute atomic E-state index is 8.11. The third-order valence-electron chi connectivity index (χ3n) is 0.494. The van der Waals surface area contributed by atoms with E-state index in [1.807, 2.05) is 5.48 Å². The summed E-state index contributed by atoms with van der Waals surface area (Å²) in [7, 11) is 0. The van der Waals surface area contributed by atoms with Crippen molar-refractivity contribution in [2.45, 2.75) is 13.0 Å². The van der Waals surface area contributed by atoms with Gasteiger partial charge in [0.1, 0.15) is 0 Å². The third-order valence-corrected chi connectivity index (χ3v) is 0.494. The molecule has 0 aromatic carbocycles. The minimum absolute atomic E-state index is 0.0312. The molecule has 0 saturated carbocycles. The van der Waals surface area contributed by atoms with E-state index in [0.29, 0.717) is 0 Å². The first-order chi connectivity index (χ1) is 2.81. The molecule has 1 atom stereocenters. The van der Waals surface area contributed by atoms with E-state index < -0.39 is 0 Å². The zero-order valence-electron chi connectivity index (χ0n) is 3.68. The largest absolute Gasteiger partial charge is 0.395 e. The zero-order chi connectivity index (χ0) is 4.99. The number of aliphatic hydroxyl groups excluding tert-OH is 1. The average molecular weight is 91.1 g/mol. The van der Waals surface area contributed by atoms with Gasteiger partial charge in [0.2, 0.25) is 0 Å². The van der Waals surface area contributed by atoms with Gasteiger partial charge < -0.3 is 10.3 Å². The van der Waals surface area contributed by atoms with E-state index in [1.54, 1.807) is 6.92 Å². The molecular formula is C3H9NO2. The van der Waals surface area contributed by atoms with Crippen molar-refractivity contribution in [3.8, 4) is 0 Å². The predicted octanol–water partition coefficient (Wildman–Crippen LogP) is -0.654. The Hall–Kier alpha value is -0.120. The van der Waals surface area contributed by atoms with Crippen LogP contribution >= 0.6 is 0 Å². The lowest BCUT2D eigenvalue weighted by Gasteiger charge is -1.99. The molecule has 0 heterocycles. The van der Waals surface area contributed by atoms with Crippen LogP contribution in [0.4, 0.5) is 0 Å². The highest BCUT2D eigenvalue weighted by Gasteiger charge is 1.90. The summed E-state index contributed by atoms with van der Waals surface area (Å²) >= 11 is 0. The quantitative estimate of drug-likeness (QED) is 0.396. The van der Waals surface area contributed by atoms with E-state index in [-0.39, 0.29) is 12.6 Å². The van der Waals surface area contributed by atoms with E-state index in [4.69, 9.17) is 10.3 Å². The van der Waals surface area contributed by atoms with Gasteiger partial charge >= 0.3 is 0 Å². The first kappa shape index (κ1) is 5.88. The molecule has 0 bridgehead atoms. The highest BCUT2D eigenvalue weighted by atomic mass is 16.5. The molecule has 0 aromatic heterocycles. The Morgan fingerprint density at radius 3 is 2.33 bits per heavy atom. The average Bonchev–Trinajstić information content (AvgIpc) is 1.65. The molecule has 3 heteroatoms. The van der Waals surface area contributed by atoms with Crippen LogP contribution in [0.15, 0.2) is 0 Å². The molecule has 0 saturated heterocycles. The van der Waals surface area contributed by atoms with Crippen molar-refractivity contribution in [2.75, 3.05) is 6.61 Å². The van der Waals surface area contributed by atoms with Gasteiger partial charge in [-0.25, -0.2) is 5.48 Å². The van der Waals surface area contributed by atoms with Crippen molar-refractivity contribution in [1.29, 1.82) is 0 Å². The number of hydrogen-bond donors (Lipinski definition) is 3. The van der Waals surface area contributed by atoms with Crippen LogP contribution in [0.2, 0.25) is 0 Å². The molecule has 0 aromatic rings. The fourth-order valence-electron chi connectivity index (χ4n) is 0.0408. The summed E-state index contributed by atoms with van der Waals surface area (Å²) in [6, 6.07) is -0.204. The first-order valence-electron chi connectivity index (χ1n) is 1.81. The van der Waals surface area contributed by atoms with Crippen molar-refractivity contribution in [3.63, 3.8) is 0 Å². The van der Waals surface area contributed by atoms with Crippen LogP contribution in [-0.2, 0) is 0 Å². The number of hydroxylamine groups is 1. The molecular weight excluding hydrogens is 82.0 g/mol. The summed E-state index contributed by atoms with van der Waals surface area (Å²) in [4.78, 5) is 0. The molecule has 0 radical (unpaired) electrons. The van der Waals surface area contributed by atoms with Gasteiger partial charge in [0, 0.05) is 0 Å². The molecule has 0 amide bonds. The summed E-state index contributed by atoms with van der Waals surface area (Å²) in [5.74, 6) is 0. The SMILES string of the molecule is C[C@@H](CO)NO. The van der Waals surface area contributed by atoms with Gasteiger partial charge in [0.15, 0.2) is 0 Å². The standard InChI is InChI=1S/C3H9NO2/c1-3(2-5)4-6/h3-6H,2H2,1H3/t3-/m0/s1. The maximum atomic E-state index is 8.11. The molecule has 0 aliphatic carbocycles. The molecule has 0 aliphatic heterocycles. The molecule has 0 fully saturated rings. The number of nitrogens with one attached hydrogen (secondary N) is 1. The molecule has 6 heavy (non-hydrogen) atoms. The van der Waals surface area contributed by atoms with Gasteiger partial charge in [-0.15, -0.1) is 0 Å². The second-order valence-electron chi connectivity index (χ2n) is 1.21. The summed E-state index contributed by atoms with van der Waals surface area (Å²) in [6.07, 6.45) is 0. The van der Waals surface area contributed by atoms with Gasteiger partial charge in [-0.05, 0) is 6.92 Å². The highest BCUT2D eigenvalue weighted by molar-refractivity contribution is 4.45. The lowest BCUT2D eigenvalue weighted by molar-refractivity contribution is 0.0986. The maximum Gasteiger partial charge on any atom is 0.0604 e. The van der Waals surface area contributed by atoms with E-state index in [0.717, 1.165) is 0 Å². The monoisotopic (exact) mass is 91.1 g/mol. The van der Waals surface area contributed by atoms with Gasteiger partial charge in [-0.3, -0.25) is 0 Å². The first-order valence-corrected chi connectivity index (χ1v) is 1.81. The normalized spacial score (nSPS) is 14.5. The van der Waals surface area contributed by atoms with Crippen LogP contribution in [0.25, 0.3) is 0 Å². The molecule has 0 spiro atoms. The van der Waals surface area contributed by atoms with E-state index in [1.165, 1.54) is 0 Å². The van der Waals surface area contributed by atoms with E-state index in [9.17, 15) is 0 Å². The minimum Gasteiger partial charge on any atom is -0.395 e. The number of aliphatic hydroxyl groups is 1. The fraction of sp³-hybridized carbons (Fsp3) is 1.00. The lowest BCUT2D eigenvalue weighted by Crippen LogP contribution is -2.25. The smallest absolute Gasteiger partial charge is 0.0604 e. The molecule has 0 unspecified atom stereocenters. The van der Waals surface area contributed by atoms with Gasteiger partial charge in [-0.1, -0.05) is 0 Å². The van der Waals surface area contributed by atoms with Crippen molar-refractivity contribution in [2.24, 2.45) is 0 Å². The van der Waals surface area contributed by atoms with Crippen LogP contribution in [0.5, 0.6) is 0 Å². The Morgan fingerprint density at radius 2 is 2.33 bits per heavy atom. The Labute approximate surface area is 36.6 Å². The van der Waals surface area contributed by atoms with Gasteiger partial charge in [0.05, 0.1) is 12.6 Å². The van der Waals surface area contributed by atoms with Crippen LogP contribution < -0.4 is 5.48 Å². The molecule has 3 N–H and O–H groups in total. The van der Waals surface area contributed by atoms with Gasteiger partial charge in [0.25, 0.3) is 0 Å². The Balaban J connectivity index is 2.75. The lowest BCUT2D eigenvalue weighted by atomic mass is 10.4. The Bertz CT molecular complexity index is 28.0. The van der Waals surface area contributed by atoms with Crippen molar-refractivity contribution in [3.05, 3.63) is 0 Å². The van der Waals surface area contributed by atoms with Crippen molar-refractivity contribution in [1.82, 2.24) is 5.48 Å². The van der Waals surface area contributed by atoms with Gasteiger partial charge in [-0.2, -0.15) is 0 Å². The van der Waals surface area contributed by atoms with Crippen LogP contribution in [0.1, 0.15) is 6.92 Å². The second kappa shape index (κ2) is 3.08. The fourth-order valence-corrected chi connectivity index (χ4v) is 0.0408. The van der Waals surface area contributed by atoms with Crippen LogP contribution in [0.3, 0.4) is 0 Å². The number of hydrogen-bond acceptors (Lipinski definition) is 3. The third kappa shape index (κ3) is 2.14. The summed E-state index contributed by atoms with van der Waals surface area (Å²) in [6.45, 7) is 1.64. The van der Waals surface area contributed by atoms with Crippen molar-refractivity contribution < 1.29 is 10.3 Å². The summed E-state index contributed by atoms with van der Waals surface area (Å²) in [5, 5.41) is 16.0. The summed E-state index contributed by atoms with van der Waals surface area (Å²) in [5.41, 5.74) is 1.86. The molecule has 38 valence electrons.